The summed E-state index contributed by atoms with van der Waals surface area (Å²) in [6.45, 7) is 0. The first-order chi connectivity index (χ1) is 9.76. The summed E-state index contributed by atoms with van der Waals surface area (Å²) in [6, 6.07) is 6.04. The van der Waals surface area contributed by atoms with Crippen LogP contribution < -0.4 is 9.47 Å². The first-order valence-corrected chi connectivity index (χ1v) is 8.38. The molecule has 0 aromatic heterocycles. The van der Waals surface area contributed by atoms with Crippen molar-refractivity contribution in [1.82, 2.24) is 0 Å². The van der Waals surface area contributed by atoms with Crippen molar-refractivity contribution in [1.29, 1.82) is 0 Å². The summed E-state index contributed by atoms with van der Waals surface area (Å²) in [5, 5.41) is 0.942. The molecule has 0 amide bonds. The molecular formula is C17H23BrO2. The van der Waals surface area contributed by atoms with Crippen molar-refractivity contribution in [2.75, 3.05) is 19.5 Å². The van der Waals surface area contributed by atoms with Crippen LogP contribution >= 0.6 is 15.9 Å². The summed E-state index contributed by atoms with van der Waals surface area (Å²) in [7, 11) is 3.38. The highest BCUT2D eigenvalue weighted by atomic mass is 79.9. The van der Waals surface area contributed by atoms with E-state index in [-0.39, 0.29) is 0 Å². The Morgan fingerprint density at radius 2 is 1.70 bits per heavy atom. The largest absolute Gasteiger partial charge is 0.497 e. The van der Waals surface area contributed by atoms with Gasteiger partial charge in [0, 0.05) is 11.4 Å². The first kappa shape index (κ1) is 15.4. The molecule has 0 unspecified atom stereocenters. The van der Waals surface area contributed by atoms with Crippen LogP contribution in [0.15, 0.2) is 23.8 Å². The maximum absolute atomic E-state index is 5.34. The van der Waals surface area contributed by atoms with Crippen molar-refractivity contribution < 1.29 is 9.47 Å². The van der Waals surface area contributed by atoms with Gasteiger partial charge in [-0.3, -0.25) is 0 Å². The number of hydrogen-bond acceptors (Lipinski definition) is 2. The molecule has 1 aromatic rings. The summed E-state index contributed by atoms with van der Waals surface area (Å²) in [4.78, 5) is 0. The van der Waals surface area contributed by atoms with Crippen LogP contribution in [0.25, 0.3) is 6.08 Å². The zero-order chi connectivity index (χ0) is 14.4. The summed E-state index contributed by atoms with van der Waals surface area (Å²) < 4.78 is 10.7. The zero-order valence-corrected chi connectivity index (χ0v) is 13.9. The van der Waals surface area contributed by atoms with Crippen molar-refractivity contribution in [2.45, 2.75) is 32.1 Å². The maximum Gasteiger partial charge on any atom is 0.123 e. The highest BCUT2D eigenvalue weighted by molar-refractivity contribution is 9.09. The third-order valence-electron chi connectivity index (χ3n) is 4.01. The minimum Gasteiger partial charge on any atom is -0.497 e. The van der Waals surface area contributed by atoms with Crippen molar-refractivity contribution in [2.24, 2.45) is 5.92 Å². The Morgan fingerprint density at radius 1 is 1.10 bits per heavy atom. The van der Waals surface area contributed by atoms with E-state index >= 15 is 0 Å². The molecule has 0 radical (unpaired) electrons. The molecule has 20 heavy (non-hydrogen) atoms. The normalized spacial score (nSPS) is 17.1. The molecule has 0 aliphatic heterocycles. The van der Waals surface area contributed by atoms with E-state index in [1.54, 1.807) is 14.2 Å². The van der Waals surface area contributed by atoms with Crippen LogP contribution in [0.4, 0.5) is 0 Å². The SMILES string of the molecule is COc1cc(/C=C(/CBr)C2CCCCC2)cc(OC)c1. The minimum atomic E-state index is 0.723. The van der Waals surface area contributed by atoms with Crippen LogP contribution in [-0.2, 0) is 0 Å². The second kappa shape index (κ2) is 7.72. The number of halogens is 1. The van der Waals surface area contributed by atoms with E-state index < -0.39 is 0 Å². The predicted molar refractivity (Wildman–Crippen MR) is 87.9 cm³/mol. The summed E-state index contributed by atoms with van der Waals surface area (Å²) in [5.41, 5.74) is 2.64. The average molecular weight is 339 g/mol. The lowest BCUT2D eigenvalue weighted by Crippen LogP contribution is -2.10. The Morgan fingerprint density at radius 3 is 2.20 bits per heavy atom. The van der Waals surface area contributed by atoms with Gasteiger partial charge in [0.2, 0.25) is 0 Å². The second-order valence-electron chi connectivity index (χ2n) is 5.33. The van der Waals surface area contributed by atoms with Gasteiger partial charge in [0.05, 0.1) is 14.2 Å². The predicted octanol–water partition coefficient (Wildman–Crippen LogP) is 5.06. The molecule has 0 saturated heterocycles. The summed E-state index contributed by atoms with van der Waals surface area (Å²) in [6.07, 6.45) is 9.03. The monoisotopic (exact) mass is 338 g/mol. The lowest BCUT2D eigenvalue weighted by atomic mass is 9.84. The molecule has 0 heterocycles. The van der Waals surface area contributed by atoms with Gasteiger partial charge in [-0.05, 0) is 36.5 Å². The summed E-state index contributed by atoms with van der Waals surface area (Å²) in [5.74, 6) is 2.40. The number of allylic oxidation sites excluding steroid dienone is 1. The second-order valence-corrected chi connectivity index (χ2v) is 5.89. The highest BCUT2D eigenvalue weighted by Gasteiger charge is 2.17. The van der Waals surface area contributed by atoms with Gasteiger partial charge in [-0.1, -0.05) is 46.8 Å². The maximum atomic E-state index is 5.34. The van der Waals surface area contributed by atoms with Gasteiger partial charge in [-0.2, -0.15) is 0 Å². The van der Waals surface area contributed by atoms with Crippen LogP contribution in [-0.4, -0.2) is 19.5 Å². The molecule has 1 aliphatic carbocycles. The van der Waals surface area contributed by atoms with Crippen LogP contribution in [0, 0.1) is 5.92 Å². The third kappa shape index (κ3) is 4.02. The fraction of sp³-hybridized carbons (Fsp3) is 0.529. The van der Waals surface area contributed by atoms with E-state index in [4.69, 9.17) is 9.47 Å². The Labute approximate surface area is 130 Å². The van der Waals surface area contributed by atoms with Crippen LogP contribution in [0.2, 0.25) is 0 Å². The number of hydrogen-bond donors (Lipinski definition) is 0. The zero-order valence-electron chi connectivity index (χ0n) is 12.3. The molecule has 2 rings (SSSR count). The number of rotatable bonds is 5. The molecule has 1 aliphatic rings. The topological polar surface area (TPSA) is 18.5 Å². The standard InChI is InChI=1S/C17H23BrO2/c1-19-16-9-13(10-17(11-16)20-2)8-15(12-18)14-6-4-3-5-7-14/h8-11,14H,3-7,12H2,1-2H3/b15-8-. The Hall–Kier alpha value is -0.960. The van der Waals surface area contributed by atoms with Crippen molar-refractivity contribution >= 4 is 22.0 Å². The number of methoxy groups -OCH3 is 2. The quantitative estimate of drug-likeness (QED) is 0.698. The molecule has 0 bridgehead atoms. The number of alkyl halides is 1. The van der Waals surface area contributed by atoms with Crippen molar-refractivity contribution in [3.63, 3.8) is 0 Å². The van der Waals surface area contributed by atoms with Crippen molar-refractivity contribution in [3.05, 3.63) is 29.3 Å². The third-order valence-corrected chi connectivity index (χ3v) is 4.66. The van der Waals surface area contributed by atoms with E-state index in [0.29, 0.717) is 0 Å². The molecule has 1 fully saturated rings. The van der Waals surface area contributed by atoms with Gasteiger partial charge in [0.15, 0.2) is 0 Å². The van der Waals surface area contributed by atoms with Gasteiger partial charge in [0.1, 0.15) is 11.5 Å². The van der Waals surface area contributed by atoms with Gasteiger partial charge in [-0.25, -0.2) is 0 Å². The fourth-order valence-electron chi connectivity index (χ4n) is 2.87. The van der Waals surface area contributed by atoms with E-state index in [1.165, 1.54) is 37.7 Å². The van der Waals surface area contributed by atoms with Gasteiger partial charge >= 0.3 is 0 Å². The van der Waals surface area contributed by atoms with Crippen LogP contribution in [0.3, 0.4) is 0 Å². The van der Waals surface area contributed by atoms with E-state index in [2.05, 4.69) is 34.1 Å². The van der Waals surface area contributed by atoms with Gasteiger partial charge in [-0.15, -0.1) is 0 Å². The van der Waals surface area contributed by atoms with E-state index in [9.17, 15) is 0 Å². The van der Waals surface area contributed by atoms with Crippen LogP contribution in [0.1, 0.15) is 37.7 Å². The van der Waals surface area contributed by atoms with Gasteiger partial charge < -0.3 is 9.47 Å². The first-order valence-electron chi connectivity index (χ1n) is 7.26. The lowest BCUT2D eigenvalue weighted by molar-refractivity contribution is 0.394. The molecule has 0 N–H and O–H groups in total. The molecule has 0 spiro atoms. The molecule has 110 valence electrons. The average Bonchev–Trinajstić information content (AvgIpc) is 2.53. The Balaban J connectivity index is 2.25. The molecule has 0 atom stereocenters. The fourth-order valence-corrected chi connectivity index (χ4v) is 3.49. The number of benzene rings is 1. The summed E-state index contributed by atoms with van der Waals surface area (Å²) >= 11 is 3.65. The molecule has 1 saturated carbocycles. The lowest BCUT2D eigenvalue weighted by Gasteiger charge is -2.23. The van der Waals surface area contributed by atoms with E-state index in [0.717, 1.165) is 28.3 Å². The Bertz CT molecular complexity index is 440. The highest BCUT2D eigenvalue weighted by Crippen LogP contribution is 2.33. The van der Waals surface area contributed by atoms with E-state index in [1.807, 2.05) is 6.07 Å². The Kier molecular flexibility index (Phi) is 5.96. The molecular weight excluding hydrogens is 316 g/mol. The van der Waals surface area contributed by atoms with Gasteiger partial charge in [0.25, 0.3) is 0 Å². The smallest absolute Gasteiger partial charge is 0.123 e. The molecule has 2 nitrogen and oxygen atoms in total. The molecule has 1 aromatic carbocycles. The van der Waals surface area contributed by atoms with Crippen LogP contribution in [0.5, 0.6) is 11.5 Å². The minimum absolute atomic E-state index is 0.723. The number of ether oxygens (including phenoxy) is 2. The van der Waals surface area contributed by atoms with Crippen molar-refractivity contribution in [3.8, 4) is 11.5 Å². The molecule has 3 heteroatoms.